The zero-order valence-corrected chi connectivity index (χ0v) is 26.3. The second-order valence-corrected chi connectivity index (χ2v) is 12.3. The summed E-state index contributed by atoms with van der Waals surface area (Å²) in [5.74, 6) is 0. The van der Waals surface area contributed by atoms with Gasteiger partial charge in [-0.05, 0) is 90.6 Å². The van der Waals surface area contributed by atoms with Crippen LogP contribution in [0.15, 0.2) is 182 Å². The molecule has 0 aliphatic heterocycles. The third-order valence-electron chi connectivity index (χ3n) is 9.38. The standard InChI is InChI=1S/C46H32N2/c1-3-15-33-29-35(27-25-31(33)13-1)47-43-23-11-9-21-41(43)45-37-17-5-7-19-39(37)46(40-20-8-6-18-38(40)45)42-22-10-12-24-44(42)48-36-28-26-32-14-2-4-16-34(32)30-36/h1-30,47-48H. The van der Waals surface area contributed by atoms with Crippen molar-refractivity contribution < 1.29 is 0 Å². The Kier molecular flexibility index (Phi) is 6.84. The minimum Gasteiger partial charge on any atom is -0.355 e. The van der Waals surface area contributed by atoms with E-state index in [0.29, 0.717) is 0 Å². The molecule has 2 heteroatoms. The van der Waals surface area contributed by atoms with E-state index in [0.717, 1.165) is 22.7 Å². The Morgan fingerprint density at radius 2 is 0.604 bits per heavy atom. The van der Waals surface area contributed by atoms with Crippen molar-refractivity contribution in [2.45, 2.75) is 0 Å². The Balaban J connectivity index is 1.23. The van der Waals surface area contributed by atoms with Crippen molar-refractivity contribution in [3.63, 3.8) is 0 Å². The van der Waals surface area contributed by atoms with Gasteiger partial charge in [0.15, 0.2) is 0 Å². The van der Waals surface area contributed by atoms with Crippen LogP contribution in [0.5, 0.6) is 0 Å². The molecule has 9 aromatic carbocycles. The fourth-order valence-electron chi connectivity index (χ4n) is 7.17. The van der Waals surface area contributed by atoms with Crippen molar-refractivity contribution in [2.75, 3.05) is 10.6 Å². The van der Waals surface area contributed by atoms with Crippen LogP contribution in [-0.4, -0.2) is 0 Å². The molecular formula is C46H32N2. The van der Waals surface area contributed by atoms with Crippen LogP contribution in [0.25, 0.3) is 65.3 Å². The second kappa shape index (κ2) is 11.8. The Morgan fingerprint density at radius 1 is 0.271 bits per heavy atom. The molecule has 0 spiro atoms. The van der Waals surface area contributed by atoms with E-state index < -0.39 is 0 Å². The molecule has 48 heavy (non-hydrogen) atoms. The Morgan fingerprint density at radius 3 is 1.02 bits per heavy atom. The lowest BCUT2D eigenvalue weighted by molar-refractivity contribution is 1.55. The van der Waals surface area contributed by atoms with Crippen molar-refractivity contribution in [1.29, 1.82) is 0 Å². The van der Waals surface area contributed by atoms with Crippen molar-refractivity contribution in [3.8, 4) is 22.3 Å². The number of anilines is 4. The summed E-state index contributed by atoms with van der Waals surface area (Å²) in [6.07, 6.45) is 0. The van der Waals surface area contributed by atoms with Crippen LogP contribution in [-0.2, 0) is 0 Å². The molecule has 0 aromatic heterocycles. The predicted molar refractivity (Wildman–Crippen MR) is 207 cm³/mol. The Labute approximate surface area is 279 Å². The zero-order chi connectivity index (χ0) is 31.9. The first kappa shape index (κ1) is 27.9. The van der Waals surface area contributed by atoms with Crippen LogP contribution in [0.3, 0.4) is 0 Å². The summed E-state index contributed by atoms with van der Waals surface area (Å²) in [4.78, 5) is 0. The molecule has 9 aromatic rings. The van der Waals surface area contributed by atoms with Gasteiger partial charge in [-0.15, -0.1) is 0 Å². The van der Waals surface area contributed by atoms with E-state index in [1.807, 2.05) is 0 Å². The highest BCUT2D eigenvalue weighted by Gasteiger charge is 2.20. The largest absolute Gasteiger partial charge is 0.355 e. The van der Waals surface area contributed by atoms with Gasteiger partial charge in [-0.3, -0.25) is 0 Å². The summed E-state index contributed by atoms with van der Waals surface area (Å²) in [5, 5.41) is 17.4. The van der Waals surface area contributed by atoms with Crippen LogP contribution >= 0.6 is 0 Å². The molecule has 0 atom stereocenters. The van der Waals surface area contributed by atoms with Gasteiger partial charge < -0.3 is 10.6 Å². The highest BCUT2D eigenvalue weighted by Crippen LogP contribution is 2.47. The quantitative estimate of drug-likeness (QED) is 0.183. The van der Waals surface area contributed by atoms with Gasteiger partial charge in [0, 0.05) is 33.9 Å². The molecule has 2 N–H and O–H groups in total. The van der Waals surface area contributed by atoms with E-state index >= 15 is 0 Å². The van der Waals surface area contributed by atoms with E-state index in [4.69, 9.17) is 0 Å². The molecule has 0 unspecified atom stereocenters. The maximum absolute atomic E-state index is 3.78. The molecule has 0 saturated carbocycles. The number of para-hydroxylation sites is 2. The zero-order valence-electron chi connectivity index (χ0n) is 26.3. The predicted octanol–water partition coefficient (Wildman–Crippen LogP) is 13.1. The van der Waals surface area contributed by atoms with Crippen LogP contribution in [0.2, 0.25) is 0 Å². The summed E-state index contributed by atoms with van der Waals surface area (Å²) < 4.78 is 0. The lowest BCUT2D eigenvalue weighted by atomic mass is 9.85. The maximum atomic E-state index is 3.78. The number of fused-ring (bicyclic) bond motifs is 4. The van der Waals surface area contributed by atoms with E-state index in [-0.39, 0.29) is 0 Å². The van der Waals surface area contributed by atoms with Crippen LogP contribution in [0.1, 0.15) is 0 Å². The summed E-state index contributed by atoms with van der Waals surface area (Å²) in [7, 11) is 0. The first-order chi connectivity index (χ1) is 23.8. The van der Waals surface area contributed by atoms with Gasteiger partial charge in [0.1, 0.15) is 0 Å². The third kappa shape index (κ3) is 4.92. The van der Waals surface area contributed by atoms with Crippen molar-refractivity contribution in [1.82, 2.24) is 0 Å². The van der Waals surface area contributed by atoms with E-state index in [2.05, 4.69) is 193 Å². The molecule has 0 bridgehead atoms. The van der Waals surface area contributed by atoms with Crippen molar-refractivity contribution in [2.24, 2.45) is 0 Å². The summed E-state index contributed by atoms with van der Waals surface area (Å²) in [5.41, 5.74) is 9.10. The molecule has 0 heterocycles. The van der Waals surface area contributed by atoms with E-state index in [9.17, 15) is 0 Å². The van der Waals surface area contributed by atoms with E-state index in [1.165, 1.54) is 65.3 Å². The molecule has 0 saturated heterocycles. The molecule has 0 radical (unpaired) electrons. The highest BCUT2D eigenvalue weighted by atomic mass is 14.9. The first-order valence-electron chi connectivity index (χ1n) is 16.4. The van der Waals surface area contributed by atoms with Gasteiger partial charge in [0.25, 0.3) is 0 Å². The van der Waals surface area contributed by atoms with Crippen LogP contribution in [0, 0.1) is 0 Å². The molecule has 0 amide bonds. The van der Waals surface area contributed by atoms with Gasteiger partial charge in [0.05, 0.1) is 0 Å². The van der Waals surface area contributed by atoms with Gasteiger partial charge in [-0.25, -0.2) is 0 Å². The van der Waals surface area contributed by atoms with Gasteiger partial charge in [0.2, 0.25) is 0 Å². The Hall–Kier alpha value is -6.38. The van der Waals surface area contributed by atoms with Crippen LogP contribution < -0.4 is 10.6 Å². The topological polar surface area (TPSA) is 24.1 Å². The first-order valence-corrected chi connectivity index (χ1v) is 16.4. The number of rotatable bonds is 6. The number of hydrogen-bond donors (Lipinski definition) is 2. The lowest BCUT2D eigenvalue weighted by Crippen LogP contribution is -1.97. The van der Waals surface area contributed by atoms with Crippen molar-refractivity contribution in [3.05, 3.63) is 182 Å². The minimum absolute atomic E-state index is 1.07. The number of hydrogen-bond acceptors (Lipinski definition) is 2. The molecule has 9 rings (SSSR count). The molecule has 0 aliphatic rings. The maximum Gasteiger partial charge on any atom is 0.0464 e. The summed E-state index contributed by atoms with van der Waals surface area (Å²) in [6.45, 7) is 0. The van der Waals surface area contributed by atoms with Gasteiger partial charge >= 0.3 is 0 Å². The smallest absolute Gasteiger partial charge is 0.0464 e. The number of nitrogens with one attached hydrogen (secondary N) is 2. The summed E-state index contributed by atoms with van der Waals surface area (Å²) >= 11 is 0. The lowest BCUT2D eigenvalue weighted by Gasteiger charge is -2.21. The molecule has 0 fully saturated rings. The minimum atomic E-state index is 1.07. The average molecular weight is 613 g/mol. The third-order valence-corrected chi connectivity index (χ3v) is 9.38. The molecule has 0 aliphatic carbocycles. The molecule has 226 valence electrons. The fourth-order valence-corrected chi connectivity index (χ4v) is 7.17. The SMILES string of the molecule is c1ccc(-c2c3ccccc3c(-c3ccccc3Nc3ccc4ccccc4c3)c3ccccc23)c(Nc2ccc3ccccc3c2)c1. The second-order valence-electron chi connectivity index (χ2n) is 12.3. The monoisotopic (exact) mass is 612 g/mol. The van der Waals surface area contributed by atoms with Gasteiger partial charge in [-0.1, -0.05) is 146 Å². The van der Waals surface area contributed by atoms with E-state index in [1.54, 1.807) is 0 Å². The molecule has 2 nitrogen and oxygen atoms in total. The molecular weight excluding hydrogens is 581 g/mol. The average Bonchev–Trinajstić information content (AvgIpc) is 3.14. The number of benzene rings is 9. The normalized spacial score (nSPS) is 11.3. The van der Waals surface area contributed by atoms with Crippen LogP contribution in [0.4, 0.5) is 22.7 Å². The van der Waals surface area contributed by atoms with Gasteiger partial charge in [-0.2, -0.15) is 0 Å². The summed E-state index contributed by atoms with van der Waals surface area (Å²) in [6, 6.07) is 65.2. The fraction of sp³-hybridized carbons (Fsp3) is 0. The van der Waals surface area contributed by atoms with Crippen molar-refractivity contribution >= 4 is 65.8 Å². The Bertz CT molecular complexity index is 2390. The highest BCUT2D eigenvalue weighted by molar-refractivity contribution is 6.23.